The van der Waals surface area contributed by atoms with Crippen LogP contribution in [-0.4, -0.2) is 23.2 Å². The molecule has 2 aromatic heterocycles. The van der Waals surface area contributed by atoms with Gasteiger partial charge in [-0.3, -0.25) is 0 Å². The molecule has 3 heterocycles. The fraction of sp³-hybridized carbons (Fsp3) is 0.286. The van der Waals surface area contributed by atoms with Crippen molar-refractivity contribution in [1.82, 2.24) is 15.5 Å². The summed E-state index contributed by atoms with van der Waals surface area (Å²) in [6.07, 6.45) is 0.834. The first kappa shape index (κ1) is 10.8. The highest BCUT2D eigenvalue weighted by Gasteiger charge is 2.21. The van der Waals surface area contributed by atoms with E-state index in [4.69, 9.17) is 8.94 Å². The molecule has 0 aliphatic carbocycles. The van der Waals surface area contributed by atoms with E-state index in [1.165, 1.54) is 0 Å². The van der Waals surface area contributed by atoms with E-state index < -0.39 is 0 Å². The van der Waals surface area contributed by atoms with Crippen LogP contribution in [0.1, 0.15) is 5.89 Å². The number of hydrogen-bond donors (Lipinski definition) is 1. The number of nitrogens with one attached hydrogen (secondary N) is 1. The van der Waals surface area contributed by atoms with E-state index in [0.29, 0.717) is 23.4 Å². The molecule has 1 aromatic carbocycles. The summed E-state index contributed by atoms with van der Waals surface area (Å²) in [6, 6.07) is 9.80. The summed E-state index contributed by atoms with van der Waals surface area (Å²) in [5, 5.41) is 8.27. The average molecular weight is 255 g/mol. The lowest BCUT2D eigenvalue weighted by atomic mass is 10.00. The Morgan fingerprint density at radius 2 is 2.16 bits per heavy atom. The smallest absolute Gasteiger partial charge is 0.238 e. The molecule has 1 aliphatic heterocycles. The first-order valence-corrected chi connectivity index (χ1v) is 6.41. The minimum absolute atomic E-state index is 0.526. The first-order chi connectivity index (χ1) is 9.38. The maximum atomic E-state index is 5.72. The van der Waals surface area contributed by atoms with Gasteiger partial charge in [-0.05, 0) is 31.1 Å². The zero-order valence-corrected chi connectivity index (χ0v) is 10.3. The fourth-order valence-electron chi connectivity index (χ4n) is 2.27. The monoisotopic (exact) mass is 255 g/mol. The van der Waals surface area contributed by atoms with Crippen LogP contribution < -0.4 is 5.32 Å². The van der Waals surface area contributed by atoms with Crippen LogP contribution in [-0.2, 0) is 6.42 Å². The number of nitrogens with zero attached hydrogens (tertiary/aromatic N) is 2. The van der Waals surface area contributed by atoms with Crippen LogP contribution in [0.5, 0.6) is 0 Å². The summed E-state index contributed by atoms with van der Waals surface area (Å²) in [5.41, 5.74) is 0.840. The van der Waals surface area contributed by atoms with Gasteiger partial charge in [-0.2, -0.15) is 4.98 Å². The highest BCUT2D eigenvalue weighted by atomic mass is 16.5. The summed E-state index contributed by atoms with van der Waals surface area (Å²) >= 11 is 0. The lowest BCUT2D eigenvalue weighted by Gasteiger charge is -2.25. The normalized spacial score (nSPS) is 15.8. The first-order valence-electron chi connectivity index (χ1n) is 6.41. The average Bonchev–Trinajstić information content (AvgIpc) is 3.00. The van der Waals surface area contributed by atoms with Crippen molar-refractivity contribution in [2.75, 3.05) is 13.1 Å². The third-order valence-electron chi connectivity index (χ3n) is 3.44. The van der Waals surface area contributed by atoms with Crippen LogP contribution in [0.3, 0.4) is 0 Å². The third-order valence-corrected chi connectivity index (χ3v) is 3.44. The lowest BCUT2D eigenvalue weighted by Crippen LogP contribution is -2.43. The van der Waals surface area contributed by atoms with Gasteiger partial charge in [0.1, 0.15) is 5.58 Å². The highest BCUT2D eigenvalue weighted by Crippen LogP contribution is 2.26. The van der Waals surface area contributed by atoms with Crippen LogP contribution in [0.25, 0.3) is 22.6 Å². The Bertz CT molecular complexity index is 679. The van der Waals surface area contributed by atoms with Gasteiger partial charge in [0.2, 0.25) is 11.7 Å². The predicted molar refractivity (Wildman–Crippen MR) is 69.6 cm³/mol. The van der Waals surface area contributed by atoms with Gasteiger partial charge in [0.05, 0.1) is 0 Å². The molecule has 1 aliphatic rings. The molecule has 4 rings (SSSR count). The molecule has 96 valence electrons. The van der Waals surface area contributed by atoms with E-state index in [9.17, 15) is 0 Å². The van der Waals surface area contributed by atoms with E-state index in [2.05, 4.69) is 15.5 Å². The maximum absolute atomic E-state index is 5.72. The van der Waals surface area contributed by atoms with Gasteiger partial charge in [0.25, 0.3) is 0 Å². The largest absolute Gasteiger partial charge is 0.453 e. The van der Waals surface area contributed by atoms with E-state index in [-0.39, 0.29) is 0 Å². The van der Waals surface area contributed by atoms with E-state index in [1.807, 2.05) is 30.3 Å². The summed E-state index contributed by atoms with van der Waals surface area (Å²) in [5.74, 6) is 2.48. The topological polar surface area (TPSA) is 64.1 Å². The van der Waals surface area contributed by atoms with Crippen LogP contribution in [0, 0.1) is 5.92 Å². The number of hydrogen-bond acceptors (Lipinski definition) is 5. The molecule has 0 saturated carbocycles. The van der Waals surface area contributed by atoms with Gasteiger partial charge in [0, 0.05) is 11.8 Å². The molecular formula is C14H13N3O2. The number of benzene rings is 1. The minimum atomic E-state index is 0.526. The lowest BCUT2D eigenvalue weighted by molar-refractivity contribution is 0.296. The van der Waals surface area contributed by atoms with E-state index in [1.54, 1.807) is 0 Å². The molecule has 1 saturated heterocycles. The number of para-hydroxylation sites is 1. The third kappa shape index (κ3) is 1.92. The molecule has 0 amide bonds. The zero-order valence-electron chi connectivity index (χ0n) is 10.3. The van der Waals surface area contributed by atoms with Crippen molar-refractivity contribution in [1.29, 1.82) is 0 Å². The molecular weight excluding hydrogens is 242 g/mol. The standard InChI is InChI=1S/C14H13N3O2/c1-2-4-11-10(3-1)6-12(18-11)14-16-13(19-17-14)5-9-7-15-8-9/h1-4,6,9,15H,5,7-8H2. The Hall–Kier alpha value is -2.14. The second kappa shape index (κ2) is 4.20. The van der Waals surface area contributed by atoms with Crippen molar-refractivity contribution in [3.63, 3.8) is 0 Å². The molecule has 3 aromatic rings. The van der Waals surface area contributed by atoms with Crippen molar-refractivity contribution in [3.8, 4) is 11.6 Å². The van der Waals surface area contributed by atoms with E-state index in [0.717, 1.165) is 30.5 Å². The molecule has 0 radical (unpaired) electrons. The highest BCUT2D eigenvalue weighted by molar-refractivity contribution is 5.81. The number of fused-ring (bicyclic) bond motifs is 1. The van der Waals surface area contributed by atoms with Crippen LogP contribution in [0.15, 0.2) is 39.3 Å². The van der Waals surface area contributed by atoms with Crippen molar-refractivity contribution in [3.05, 3.63) is 36.2 Å². The molecule has 0 spiro atoms. The Morgan fingerprint density at radius 1 is 1.26 bits per heavy atom. The number of furan rings is 1. The minimum Gasteiger partial charge on any atom is -0.453 e. The Morgan fingerprint density at radius 3 is 2.95 bits per heavy atom. The van der Waals surface area contributed by atoms with Crippen molar-refractivity contribution >= 4 is 11.0 Å². The molecule has 5 heteroatoms. The molecule has 19 heavy (non-hydrogen) atoms. The fourth-order valence-corrected chi connectivity index (χ4v) is 2.27. The predicted octanol–water partition coefficient (Wildman–Crippen LogP) is 2.24. The molecule has 5 nitrogen and oxygen atoms in total. The van der Waals surface area contributed by atoms with Crippen molar-refractivity contribution in [2.24, 2.45) is 5.92 Å². The maximum Gasteiger partial charge on any atom is 0.238 e. The van der Waals surface area contributed by atoms with Gasteiger partial charge in [-0.25, -0.2) is 0 Å². The number of rotatable bonds is 3. The van der Waals surface area contributed by atoms with Crippen LogP contribution >= 0.6 is 0 Å². The summed E-state index contributed by atoms with van der Waals surface area (Å²) in [4.78, 5) is 4.40. The summed E-state index contributed by atoms with van der Waals surface area (Å²) < 4.78 is 11.0. The molecule has 1 fully saturated rings. The molecule has 0 atom stereocenters. The Balaban J connectivity index is 1.63. The Labute approximate surface area is 109 Å². The van der Waals surface area contributed by atoms with Gasteiger partial charge in [0.15, 0.2) is 5.76 Å². The molecule has 0 unspecified atom stereocenters. The van der Waals surface area contributed by atoms with Gasteiger partial charge < -0.3 is 14.3 Å². The molecule has 0 bridgehead atoms. The second-order valence-corrected chi connectivity index (χ2v) is 4.89. The number of aromatic nitrogens is 2. The summed E-state index contributed by atoms with van der Waals surface area (Å²) in [7, 11) is 0. The van der Waals surface area contributed by atoms with Gasteiger partial charge in [-0.15, -0.1) is 0 Å². The second-order valence-electron chi connectivity index (χ2n) is 4.89. The van der Waals surface area contributed by atoms with Crippen molar-refractivity contribution < 1.29 is 8.94 Å². The van der Waals surface area contributed by atoms with Crippen LogP contribution in [0.2, 0.25) is 0 Å². The SMILES string of the molecule is c1ccc2oc(-c3noc(CC4CNC4)n3)cc2c1. The molecule has 1 N–H and O–H groups in total. The van der Waals surface area contributed by atoms with Crippen molar-refractivity contribution in [2.45, 2.75) is 6.42 Å². The quantitative estimate of drug-likeness (QED) is 0.777. The van der Waals surface area contributed by atoms with E-state index >= 15 is 0 Å². The Kier molecular flexibility index (Phi) is 2.38. The van der Waals surface area contributed by atoms with Crippen LogP contribution in [0.4, 0.5) is 0 Å². The van der Waals surface area contributed by atoms with Gasteiger partial charge in [-0.1, -0.05) is 23.4 Å². The van der Waals surface area contributed by atoms with Gasteiger partial charge >= 0.3 is 0 Å². The summed E-state index contributed by atoms with van der Waals surface area (Å²) in [6.45, 7) is 2.06. The zero-order chi connectivity index (χ0) is 12.7.